The summed E-state index contributed by atoms with van der Waals surface area (Å²) >= 11 is 0. The van der Waals surface area contributed by atoms with Gasteiger partial charge < -0.3 is 16.0 Å². The molecule has 1 aromatic carbocycles. The molecule has 0 fully saturated rings. The van der Waals surface area contributed by atoms with Crippen molar-refractivity contribution in [2.45, 2.75) is 96.9 Å². The second kappa shape index (κ2) is 9.51. The first-order valence-corrected chi connectivity index (χ1v) is 12.8. The summed E-state index contributed by atoms with van der Waals surface area (Å²) in [5.41, 5.74) is 8.20. The molecule has 0 radical (unpaired) electrons. The Morgan fingerprint density at radius 3 is 2.59 bits per heavy atom. The number of rotatable bonds is 8. The number of anilines is 4. The van der Waals surface area contributed by atoms with Crippen molar-refractivity contribution in [1.82, 2.24) is 9.97 Å². The van der Waals surface area contributed by atoms with Crippen LogP contribution in [0.1, 0.15) is 96.6 Å². The van der Waals surface area contributed by atoms with Gasteiger partial charge in [-0.2, -0.15) is 9.97 Å². The zero-order valence-electron chi connectivity index (χ0n) is 21.1. The molecule has 3 atom stereocenters. The molecule has 184 valence electrons. The van der Waals surface area contributed by atoms with Crippen LogP contribution in [0.3, 0.4) is 0 Å². The van der Waals surface area contributed by atoms with E-state index < -0.39 is 5.41 Å². The number of halogens is 1. The Morgan fingerprint density at radius 1 is 1.15 bits per heavy atom. The highest BCUT2D eigenvalue weighted by Gasteiger charge is 2.44. The van der Waals surface area contributed by atoms with E-state index in [0.29, 0.717) is 23.1 Å². The molecule has 0 aliphatic carbocycles. The Bertz CT molecular complexity index is 1070. The fourth-order valence-corrected chi connectivity index (χ4v) is 5.86. The highest BCUT2D eigenvalue weighted by Crippen LogP contribution is 2.49. The Labute approximate surface area is 202 Å². The van der Waals surface area contributed by atoms with E-state index in [9.17, 15) is 9.18 Å². The second-order valence-corrected chi connectivity index (χ2v) is 10.4. The summed E-state index contributed by atoms with van der Waals surface area (Å²) in [6.07, 6.45) is 8.03. The summed E-state index contributed by atoms with van der Waals surface area (Å²) in [6.45, 7) is 10.3. The van der Waals surface area contributed by atoms with Crippen LogP contribution in [-0.4, -0.2) is 21.9 Å². The molecular weight excluding hydrogens is 429 g/mol. The molecule has 7 heteroatoms. The zero-order valence-corrected chi connectivity index (χ0v) is 21.1. The molecule has 3 heterocycles. The van der Waals surface area contributed by atoms with Gasteiger partial charge in [0.2, 0.25) is 11.9 Å². The lowest BCUT2D eigenvalue weighted by atomic mass is 9.74. The maximum absolute atomic E-state index is 14.4. The van der Waals surface area contributed by atoms with E-state index in [-0.39, 0.29) is 29.6 Å². The van der Waals surface area contributed by atoms with Gasteiger partial charge in [0.05, 0.1) is 11.0 Å². The molecule has 1 amide bonds. The first kappa shape index (κ1) is 24.4. The van der Waals surface area contributed by atoms with Gasteiger partial charge in [-0.15, -0.1) is 0 Å². The molecule has 2 aliphatic heterocycles. The van der Waals surface area contributed by atoms with Crippen molar-refractivity contribution >= 4 is 29.2 Å². The van der Waals surface area contributed by atoms with Crippen molar-refractivity contribution in [2.75, 3.05) is 16.0 Å². The lowest BCUT2D eigenvalue weighted by Crippen LogP contribution is -2.44. The molecule has 34 heavy (non-hydrogen) atoms. The van der Waals surface area contributed by atoms with E-state index in [2.05, 4.69) is 36.0 Å². The van der Waals surface area contributed by atoms with Crippen molar-refractivity contribution in [1.29, 1.82) is 0 Å². The van der Waals surface area contributed by atoms with E-state index in [1.807, 2.05) is 19.9 Å². The van der Waals surface area contributed by atoms with Crippen LogP contribution in [0.2, 0.25) is 0 Å². The maximum atomic E-state index is 14.4. The van der Waals surface area contributed by atoms with Crippen molar-refractivity contribution in [3.8, 4) is 0 Å². The molecule has 2 aliphatic rings. The van der Waals surface area contributed by atoms with E-state index in [4.69, 9.17) is 10.7 Å². The van der Waals surface area contributed by atoms with Gasteiger partial charge in [-0.05, 0) is 62.3 Å². The lowest BCUT2D eigenvalue weighted by Gasteiger charge is -2.45. The number of nitrogens with two attached hydrogens (primary N) is 1. The largest absolute Gasteiger partial charge is 0.383 e. The summed E-state index contributed by atoms with van der Waals surface area (Å²) in [5.74, 6) is 1.45. The quantitative estimate of drug-likeness (QED) is 0.437. The van der Waals surface area contributed by atoms with Gasteiger partial charge in [0.15, 0.2) is 0 Å². The molecule has 3 N–H and O–H groups in total. The molecule has 0 saturated heterocycles. The lowest BCUT2D eigenvalue weighted by molar-refractivity contribution is -0.119. The van der Waals surface area contributed by atoms with Crippen LogP contribution < -0.4 is 16.0 Å². The van der Waals surface area contributed by atoms with Gasteiger partial charge in [0.1, 0.15) is 17.5 Å². The van der Waals surface area contributed by atoms with Crippen molar-refractivity contribution < 1.29 is 9.18 Å². The summed E-state index contributed by atoms with van der Waals surface area (Å²) in [6, 6.07) is 5.18. The molecule has 0 bridgehead atoms. The number of carbonyl (C=O) groups excluding carboxylic acids is 1. The predicted octanol–water partition coefficient (Wildman–Crippen LogP) is 6.44. The predicted molar refractivity (Wildman–Crippen MR) is 136 cm³/mol. The molecular formula is C27H38FN5O. The van der Waals surface area contributed by atoms with E-state index >= 15 is 0 Å². The van der Waals surface area contributed by atoms with Gasteiger partial charge in [-0.25, -0.2) is 4.39 Å². The Balaban J connectivity index is 1.75. The van der Waals surface area contributed by atoms with Crippen LogP contribution in [0, 0.1) is 11.7 Å². The van der Waals surface area contributed by atoms with Crippen molar-refractivity contribution in [3.63, 3.8) is 0 Å². The smallest absolute Gasteiger partial charge is 0.235 e. The van der Waals surface area contributed by atoms with E-state index in [0.717, 1.165) is 30.5 Å². The number of carbonyl (C=O) groups is 1. The number of benzene rings is 1. The van der Waals surface area contributed by atoms with Gasteiger partial charge in [0.25, 0.3) is 0 Å². The third-order valence-corrected chi connectivity index (χ3v) is 7.82. The first-order valence-electron chi connectivity index (χ1n) is 12.8. The fourth-order valence-electron chi connectivity index (χ4n) is 5.86. The Morgan fingerprint density at radius 2 is 1.88 bits per heavy atom. The van der Waals surface area contributed by atoms with E-state index in [1.165, 1.54) is 31.7 Å². The van der Waals surface area contributed by atoms with Crippen LogP contribution in [-0.2, 0) is 10.2 Å². The number of unbranched alkanes of at least 4 members (excludes halogenated alkanes) is 4. The van der Waals surface area contributed by atoms with Crippen LogP contribution in [0.15, 0.2) is 18.2 Å². The minimum Gasteiger partial charge on any atom is -0.383 e. The SMILES string of the molecule is CCCCCCCC1c2cc(F)ccc2N(c2nc(N)c3c(n2)NC(=O)C3(C)C)C(CC)C1C. The topological polar surface area (TPSA) is 84.1 Å². The molecule has 0 spiro atoms. The molecule has 4 rings (SSSR count). The van der Waals surface area contributed by atoms with Crippen LogP contribution in [0.25, 0.3) is 0 Å². The van der Waals surface area contributed by atoms with Gasteiger partial charge in [-0.3, -0.25) is 4.79 Å². The van der Waals surface area contributed by atoms with Gasteiger partial charge in [-0.1, -0.05) is 52.9 Å². The Hall–Kier alpha value is -2.70. The highest BCUT2D eigenvalue weighted by molar-refractivity contribution is 6.06. The monoisotopic (exact) mass is 467 g/mol. The van der Waals surface area contributed by atoms with Crippen LogP contribution >= 0.6 is 0 Å². The number of nitrogens with one attached hydrogen (secondary N) is 1. The fraction of sp³-hybridized carbons (Fsp3) is 0.593. The minimum atomic E-state index is -0.777. The number of nitrogens with zero attached hydrogens (tertiary/aromatic N) is 3. The molecule has 1 aromatic heterocycles. The number of hydrogen-bond donors (Lipinski definition) is 2. The van der Waals surface area contributed by atoms with E-state index in [1.54, 1.807) is 6.07 Å². The number of fused-ring (bicyclic) bond motifs is 2. The Kier molecular flexibility index (Phi) is 6.83. The summed E-state index contributed by atoms with van der Waals surface area (Å²) in [4.78, 5) is 24.1. The molecule has 0 saturated carbocycles. The second-order valence-electron chi connectivity index (χ2n) is 10.4. The third kappa shape index (κ3) is 4.14. The minimum absolute atomic E-state index is 0.134. The summed E-state index contributed by atoms with van der Waals surface area (Å²) < 4.78 is 14.4. The number of aromatic nitrogens is 2. The summed E-state index contributed by atoms with van der Waals surface area (Å²) in [7, 11) is 0. The third-order valence-electron chi connectivity index (χ3n) is 7.82. The normalized spacial score (nSPS) is 22.9. The molecule has 2 aromatic rings. The summed E-state index contributed by atoms with van der Waals surface area (Å²) in [5, 5.41) is 2.88. The molecule has 3 unspecified atom stereocenters. The van der Waals surface area contributed by atoms with Gasteiger partial charge >= 0.3 is 0 Å². The van der Waals surface area contributed by atoms with Crippen LogP contribution in [0.4, 0.5) is 27.7 Å². The first-order chi connectivity index (χ1) is 16.2. The highest BCUT2D eigenvalue weighted by atomic mass is 19.1. The van der Waals surface area contributed by atoms with Gasteiger partial charge in [0, 0.05) is 11.7 Å². The van der Waals surface area contributed by atoms with Crippen LogP contribution in [0.5, 0.6) is 0 Å². The van der Waals surface area contributed by atoms with Crippen molar-refractivity contribution in [3.05, 3.63) is 35.1 Å². The number of nitrogen functional groups attached to an aromatic ring is 1. The van der Waals surface area contributed by atoms with Crippen molar-refractivity contribution in [2.24, 2.45) is 5.92 Å². The number of amides is 1. The zero-order chi connectivity index (χ0) is 24.6. The standard InChI is InChI=1S/C27H38FN5O/c1-6-8-9-10-11-12-18-16(3)20(7-2)33(21-14-13-17(28)15-19(18)21)26-30-23(29)22-24(32-26)31-25(34)27(22,4)5/h13-16,18,20H,6-12H2,1-5H3,(H3,29,30,31,32,34). The number of hydrogen-bond acceptors (Lipinski definition) is 5. The average Bonchev–Trinajstić information content (AvgIpc) is 3.02. The molecule has 6 nitrogen and oxygen atoms in total. The average molecular weight is 468 g/mol. The maximum Gasteiger partial charge on any atom is 0.235 e.